The van der Waals surface area contributed by atoms with Crippen LogP contribution in [0.2, 0.25) is 5.02 Å². The molecule has 31 heavy (non-hydrogen) atoms. The van der Waals surface area contributed by atoms with E-state index in [1.165, 1.54) is 11.6 Å². The van der Waals surface area contributed by atoms with Crippen molar-refractivity contribution in [3.63, 3.8) is 0 Å². The summed E-state index contributed by atoms with van der Waals surface area (Å²) in [5.41, 5.74) is 2.75. The Balaban J connectivity index is 1.28. The highest BCUT2D eigenvalue weighted by atomic mass is 35.5. The molecule has 1 unspecified atom stereocenters. The number of imidazole rings is 1. The van der Waals surface area contributed by atoms with Crippen molar-refractivity contribution in [3.8, 4) is 0 Å². The summed E-state index contributed by atoms with van der Waals surface area (Å²) in [5, 5.41) is 3.49. The Morgan fingerprint density at radius 1 is 1.16 bits per heavy atom. The zero-order valence-corrected chi connectivity index (χ0v) is 18.1. The topological polar surface area (TPSA) is 50.2 Å². The van der Waals surface area contributed by atoms with Gasteiger partial charge in [-0.15, -0.1) is 0 Å². The first-order valence-corrected chi connectivity index (χ1v) is 10.9. The number of nitrogens with zero attached hydrogens (tertiary/aromatic N) is 3. The molecule has 1 atom stereocenters. The fourth-order valence-electron chi connectivity index (χ4n) is 4.01. The molecule has 1 aliphatic heterocycles. The minimum atomic E-state index is -0.296. The Hall–Kier alpha value is -2.70. The number of hydrogen-bond donors (Lipinski definition) is 1. The van der Waals surface area contributed by atoms with Gasteiger partial charge in [0.25, 0.3) is 0 Å². The Morgan fingerprint density at radius 2 is 1.97 bits per heavy atom. The zero-order chi connectivity index (χ0) is 21.6. The molecule has 1 aromatic heterocycles. The predicted molar refractivity (Wildman–Crippen MR) is 119 cm³/mol. The molecule has 0 radical (unpaired) electrons. The Bertz CT molecular complexity index is 987. The lowest BCUT2D eigenvalue weighted by Crippen LogP contribution is -2.42. The second-order valence-electron chi connectivity index (χ2n) is 8.04. The summed E-state index contributed by atoms with van der Waals surface area (Å²) in [6.07, 6.45) is 7.25. The third kappa shape index (κ3) is 5.71. The van der Waals surface area contributed by atoms with Crippen LogP contribution in [0.4, 0.5) is 4.39 Å². The predicted octanol–water partition coefficient (Wildman–Crippen LogP) is 4.25. The Morgan fingerprint density at radius 3 is 2.71 bits per heavy atom. The van der Waals surface area contributed by atoms with E-state index in [1.807, 2.05) is 22.9 Å². The first-order valence-electron chi connectivity index (χ1n) is 10.5. The molecule has 1 N–H and O–H groups in total. The fraction of sp³-hybridized carbons (Fsp3) is 0.333. The smallest absolute Gasteiger partial charge is 0.224 e. The van der Waals surface area contributed by atoms with Crippen LogP contribution in [0.1, 0.15) is 29.5 Å². The molecule has 3 aromatic rings. The number of piperidine rings is 1. The molecule has 1 amide bonds. The molecule has 0 spiro atoms. The monoisotopic (exact) mass is 440 g/mol. The summed E-state index contributed by atoms with van der Waals surface area (Å²) in [4.78, 5) is 18.9. The highest BCUT2D eigenvalue weighted by molar-refractivity contribution is 6.31. The molecule has 7 heteroatoms. The molecule has 162 valence electrons. The molecule has 1 saturated heterocycles. The van der Waals surface area contributed by atoms with Crippen LogP contribution in [-0.4, -0.2) is 33.4 Å². The van der Waals surface area contributed by atoms with E-state index >= 15 is 0 Å². The van der Waals surface area contributed by atoms with E-state index in [0.717, 1.165) is 31.5 Å². The van der Waals surface area contributed by atoms with Gasteiger partial charge in [-0.1, -0.05) is 41.9 Å². The zero-order valence-electron chi connectivity index (χ0n) is 17.3. The van der Waals surface area contributed by atoms with E-state index in [-0.39, 0.29) is 17.6 Å². The van der Waals surface area contributed by atoms with Crippen LogP contribution in [0, 0.1) is 11.7 Å². The number of carbonyl (C=O) groups is 1. The van der Waals surface area contributed by atoms with E-state index in [0.29, 0.717) is 30.2 Å². The number of likely N-dealkylation sites (tertiary alicyclic amines) is 1. The average Bonchev–Trinajstić information content (AvgIpc) is 3.29. The molecule has 0 aliphatic carbocycles. The number of aromatic nitrogens is 2. The highest BCUT2D eigenvalue weighted by Gasteiger charge is 2.26. The average molecular weight is 441 g/mol. The van der Waals surface area contributed by atoms with Crippen LogP contribution in [0.15, 0.2) is 61.2 Å². The van der Waals surface area contributed by atoms with Crippen LogP contribution >= 0.6 is 11.6 Å². The Labute approximate surface area is 186 Å². The summed E-state index contributed by atoms with van der Waals surface area (Å²) < 4.78 is 16.1. The van der Waals surface area contributed by atoms with Crippen molar-refractivity contribution in [2.75, 3.05) is 13.1 Å². The molecule has 1 aliphatic rings. The van der Waals surface area contributed by atoms with Crippen LogP contribution in [0.25, 0.3) is 0 Å². The van der Waals surface area contributed by atoms with E-state index in [9.17, 15) is 9.18 Å². The molecule has 2 aromatic carbocycles. The maximum absolute atomic E-state index is 14.1. The lowest BCUT2D eigenvalue weighted by atomic mass is 9.96. The quantitative estimate of drug-likeness (QED) is 0.597. The molecule has 4 rings (SSSR count). The number of nitrogens with one attached hydrogen (secondary N) is 1. The van der Waals surface area contributed by atoms with E-state index in [1.54, 1.807) is 24.7 Å². The van der Waals surface area contributed by atoms with Crippen molar-refractivity contribution in [2.24, 2.45) is 5.92 Å². The molecular formula is C24H26ClFN4O. The van der Waals surface area contributed by atoms with Crippen LogP contribution in [0.3, 0.4) is 0 Å². The lowest BCUT2D eigenvalue weighted by Gasteiger charge is -2.32. The van der Waals surface area contributed by atoms with Gasteiger partial charge >= 0.3 is 0 Å². The summed E-state index contributed by atoms with van der Waals surface area (Å²) in [6, 6.07) is 13.0. The third-order valence-corrected chi connectivity index (χ3v) is 6.09. The number of halogens is 2. The van der Waals surface area contributed by atoms with Crippen molar-refractivity contribution in [1.29, 1.82) is 0 Å². The number of carbonyl (C=O) groups excluding carboxylic acids is 1. The first-order chi connectivity index (χ1) is 15.1. The molecule has 0 saturated carbocycles. The van der Waals surface area contributed by atoms with Gasteiger partial charge in [0, 0.05) is 49.2 Å². The van der Waals surface area contributed by atoms with Gasteiger partial charge in [0.05, 0.1) is 12.2 Å². The van der Waals surface area contributed by atoms with Crippen molar-refractivity contribution in [1.82, 2.24) is 19.8 Å². The number of benzene rings is 2. The van der Waals surface area contributed by atoms with Gasteiger partial charge in [0.15, 0.2) is 0 Å². The van der Waals surface area contributed by atoms with Gasteiger partial charge in [-0.3, -0.25) is 9.69 Å². The van der Waals surface area contributed by atoms with Gasteiger partial charge in [-0.25, -0.2) is 9.37 Å². The standard InChI is InChI=1S/C24H26ClFN4O/c25-22-4-1-5-23(26)21(22)16-29-11-2-3-20(15-29)24(31)28-13-18-6-8-19(9-7-18)14-30-12-10-27-17-30/h1,4-10,12,17,20H,2-3,11,13-16H2,(H,28,31). The number of hydrogen-bond acceptors (Lipinski definition) is 3. The van der Waals surface area contributed by atoms with Gasteiger partial charge in [-0.05, 0) is 42.6 Å². The summed E-state index contributed by atoms with van der Waals surface area (Å²) in [7, 11) is 0. The maximum Gasteiger partial charge on any atom is 0.224 e. The second kappa shape index (κ2) is 10.1. The molecular weight excluding hydrogens is 415 g/mol. The first kappa shape index (κ1) is 21.5. The SMILES string of the molecule is O=C(NCc1ccc(Cn2ccnc2)cc1)C1CCCN(Cc2c(F)cccc2Cl)C1. The highest BCUT2D eigenvalue weighted by Crippen LogP contribution is 2.24. The van der Waals surface area contributed by atoms with Crippen LogP contribution < -0.4 is 5.32 Å². The van der Waals surface area contributed by atoms with Crippen molar-refractivity contribution >= 4 is 17.5 Å². The van der Waals surface area contributed by atoms with E-state index in [2.05, 4.69) is 27.3 Å². The van der Waals surface area contributed by atoms with Crippen molar-refractivity contribution in [3.05, 3.63) is 88.7 Å². The molecule has 0 bridgehead atoms. The van der Waals surface area contributed by atoms with Crippen LogP contribution in [-0.2, 0) is 24.4 Å². The van der Waals surface area contributed by atoms with Crippen molar-refractivity contribution < 1.29 is 9.18 Å². The lowest BCUT2D eigenvalue weighted by molar-refractivity contribution is -0.126. The second-order valence-corrected chi connectivity index (χ2v) is 8.45. The normalized spacial score (nSPS) is 16.9. The largest absolute Gasteiger partial charge is 0.352 e. The van der Waals surface area contributed by atoms with Gasteiger partial charge in [0.1, 0.15) is 5.82 Å². The van der Waals surface area contributed by atoms with Crippen LogP contribution in [0.5, 0.6) is 0 Å². The van der Waals surface area contributed by atoms with Gasteiger partial charge in [0.2, 0.25) is 5.91 Å². The van der Waals surface area contributed by atoms with E-state index in [4.69, 9.17) is 11.6 Å². The van der Waals surface area contributed by atoms with E-state index < -0.39 is 0 Å². The minimum Gasteiger partial charge on any atom is -0.352 e. The molecule has 1 fully saturated rings. The number of amides is 1. The van der Waals surface area contributed by atoms with Gasteiger partial charge in [-0.2, -0.15) is 0 Å². The summed E-state index contributed by atoms with van der Waals surface area (Å²) in [5.74, 6) is -0.345. The minimum absolute atomic E-state index is 0.0480. The van der Waals surface area contributed by atoms with Gasteiger partial charge < -0.3 is 9.88 Å². The Kier molecular flexibility index (Phi) is 6.99. The maximum atomic E-state index is 14.1. The summed E-state index contributed by atoms with van der Waals surface area (Å²) >= 11 is 6.17. The fourth-order valence-corrected chi connectivity index (χ4v) is 4.23. The third-order valence-electron chi connectivity index (χ3n) is 5.73. The summed E-state index contributed by atoms with van der Waals surface area (Å²) in [6.45, 7) is 3.15. The number of rotatable bonds is 7. The molecule has 2 heterocycles. The van der Waals surface area contributed by atoms with Crippen molar-refractivity contribution in [2.45, 2.75) is 32.5 Å². The molecule has 5 nitrogen and oxygen atoms in total.